The second-order valence-electron chi connectivity index (χ2n) is 4.62. The van der Waals surface area contributed by atoms with Gasteiger partial charge in [0.25, 0.3) is 0 Å². The van der Waals surface area contributed by atoms with Crippen molar-refractivity contribution in [3.8, 4) is 5.75 Å². The zero-order valence-electron chi connectivity index (χ0n) is 11.1. The Bertz CT molecular complexity index is 642. The molecule has 8 heteroatoms. The summed E-state index contributed by atoms with van der Waals surface area (Å²) in [5, 5.41) is 0. The van der Waals surface area contributed by atoms with Gasteiger partial charge in [-0.1, -0.05) is 35.8 Å². The molecule has 2 rings (SSSR count). The van der Waals surface area contributed by atoms with Crippen LogP contribution in [0.15, 0.2) is 48.5 Å². The van der Waals surface area contributed by atoms with E-state index in [4.69, 9.17) is 0 Å². The van der Waals surface area contributed by atoms with Crippen molar-refractivity contribution in [1.29, 1.82) is 0 Å². The molecule has 0 atom stereocenters. The maximum atomic E-state index is 13.9. The topological polar surface area (TPSA) is 9.23 Å². The van der Waals surface area contributed by atoms with Crippen molar-refractivity contribution in [2.24, 2.45) is 0 Å². The van der Waals surface area contributed by atoms with Crippen molar-refractivity contribution in [3.63, 3.8) is 0 Å². The maximum absolute atomic E-state index is 13.9. The van der Waals surface area contributed by atoms with Crippen LogP contribution in [0.4, 0.5) is 26.1 Å². The lowest BCUT2D eigenvalue weighted by molar-refractivity contribution is -0.0465. The van der Waals surface area contributed by atoms with E-state index in [0.29, 0.717) is 6.07 Å². The molecule has 0 N–H and O–H groups in total. The molecule has 0 spiro atoms. The zero-order chi connectivity index (χ0) is 16.4. The highest BCUT2D eigenvalue weighted by Gasteiger charge is 2.34. The molecule has 0 radical (unpaired) electrons. The Hall–Kier alpha value is -2.12. The van der Waals surface area contributed by atoms with E-state index in [0.717, 1.165) is 18.2 Å². The van der Waals surface area contributed by atoms with Gasteiger partial charge in [-0.25, -0.2) is 4.39 Å². The molecule has 0 amide bonds. The summed E-state index contributed by atoms with van der Waals surface area (Å²) in [5.41, 5.74) is -1.75. The van der Waals surface area contributed by atoms with Crippen LogP contribution in [-0.4, -0.2) is 13.6 Å². The minimum atomic E-state index is -5.57. The Kier molecular flexibility index (Phi) is 4.39. The van der Waals surface area contributed by atoms with Crippen molar-refractivity contribution >= 4 is 12.4 Å². The summed E-state index contributed by atoms with van der Waals surface area (Å²) >= 11 is 0. The summed E-state index contributed by atoms with van der Waals surface area (Å²) in [5.74, 6) is -5.40. The van der Waals surface area contributed by atoms with E-state index in [-0.39, 0.29) is 11.6 Å². The fourth-order valence-corrected chi connectivity index (χ4v) is 1.84. The molecule has 0 aliphatic carbocycles. The highest BCUT2D eigenvalue weighted by Crippen LogP contribution is 2.29. The Labute approximate surface area is 122 Å². The summed E-state index contributed by atoms with van der Waals surface area (Å²) < 4.78 is 83.7. The Balaban J connectivity index is 2.22. The minimum Gasteiger partial charge on any atom is -0.490 e. The van der Waals surface area contributed by atoms with Crippen LogP contribution >= 0.6 is 0 Å². The Morgan fingerprint density at radius 3 is 2.18 bits per heavy atom. The van der Waals surface area contributed by atoms with E-state index < -0.39 is 36.5 Å². The van der Waals surface area contributed by atoms with Gasteiger partial charge in [0.05, 0.1) is 5.75 Å². The molecule has 0 fully saturated rings. The van der Waals surface area contributed by atoms with Gasteiger partial charge >= 0.3 is 12.9 Å². The van der Waals surface area contributed by atoms with Gasteiger partial charge in [0.2, 0.25) is 0 Å². The molecule has 118 valence electrons. The van der Waals surface area contributed by atoms with Gasteiger partial charge in [0.1, 0.15) is 5.82 Å². The monoisotopic (exact) mass is 319 g/mol. The molecule has 2 aromatic rings. The van der Waals surface area contributed by atoms with Gasteiger partial charge < -0.3 is 17.7 Å². The molecule has 0 aliphatic heterocycles. The van der Waals surface area contributed by atoms with Gasteiger partial charge in [0.15, 0.2) is 6.61 Å². The predicted molar refractivity (Wildman–Crippen MR) is 70.9 cm³/mol. The van der Waals surface area contributed by atoms with Crippen molar-refractivity contribution in [1.82, 2.24) is 0 Å². The molecular formula is C14H10BF6O-. The number of ether oxygens (including phenoxy) is 1. The van der Waals surface area contributed by atoms with Gasteiger partial charge in [0, 0.05) is 5.56 Å². The first kappa shape index (κ1) is 16.3. The van der Waals surface area contributed by atoms with Crippen LogP contribution in [0.2, 0.25) is 0 Å². The number of halogens is 6. The lowest BCUT2D eigenvalue weighted by atomic mass is 9.79. The highest BCUT2D eigenvalue weighted by molar-refractivity contribution is 6.74. The van der Waals surface area contributed by atoms with E-state index >= 15 is 0 Å². The number of hydrogen-bond donors (Lipinski definition) is 0. The number of hydrogen-bond acceptors (Lipinski definition) is 1. The van der Waals surface area contributed by atoms with Gasteiger partial charge in [-0.2, -0.15) is 8.78 Å². The molecule has 2 aromatic carbocycles. The summed E-state index contributed by atoms with van der Waals surface area (Å²) in [6.07, 6.45) is 0. The van der Waals surface area contributed by atoms with Gasteiger partial charge in [-0.3, -0.25) is 0 Å². The highest BCUT2D eigenvalue weighted by atomic mass is 19.4. The van der Waals surface area contributed by atoms with Crippen LogP contribution < -0.4 is 10.2 Å². The van der Waals surface area contributed by atoms with E-state index in [1.807, 2.05) is 0 Å². The third-order valence-electron chi connectivity index (χ3n) is 2.93. The van der Waals surface area contributed by atoms with E-state index in [1.54, 1.807) is 0 Å². The minimum absolute atomic E-state index is 0.232. The molecule has 0 saturated heterocycles. The lowest BCUT2D eigenvalue weighted by Crippen LogP contribution is -2.36. The van der Waals surface area contributed by atoms with E-state index in [1.165, 1.54) is 18.2 Å². The van der Waals surface area contributed by atoms with Gasteiger partial charge in [-0.15, -0.1) is 0 Å². The molecule has 0 saturated carbocycles. The molecule has 22 heavy (non-hydrogen) atoms. The van der Waals surface area contributed by atoms with Crippen LogP contribution in [0.1, 0.15) is 5.56 Å². The number of benzene rings is 2. The second kappa shape index (κ2) is 5.94. The smallest absolute Gasteiger partial charge is 0.490 e. The Morgan fingerprint density at radius 1 is 0.955 bits per heavy atom. The zero-order valence-corrected chi connectivity index (χ0v) is 11.1. The lowest BCUT2D eigenvalue weighted by Gasteiger charge is -2.22. The van der Waals surface area contributed by atoms with Crippen molar-refractivity contribution in [2.45, 2.75) is 5.92 Å². The summed E-state index contributed by atoms with van der Waals surface area (Å²) in [6.45, 7) is -6.85. The first-order chi connectivity index (χ1) is 10.2. The van der Waals surface area contributed by atoms with E-state index in [2.05, 4.69) is 4.74 Å². The van der Waals surface area contributed by atoms with Crippen molar-refractivity contribution in [3.05, 3.63) is 59.9 Å². The molecule has 0 unspecified atom stereocenters. The van der Waals surface area contributed by atoms with Crippen LogP contribution in [-0.2, 0) is 5.92 Å². The third-order valence-corrected chi connectivity index (χ3v) is 2.93. The quantitative estimate of drug-likeness (QED) is 0.597. The second-order valence-corrected chi connectivity index (χ2v) is 4.62. The fraction of sp³-hybridized carbons (Fsp3) is 0.143. The molecule has 1 nitrogen and oxygen atoms in total. The number of rotatable bonds is 5. The van der Waals surface area contributed by atoms with Crippen LogP contribution in [0, 0.1) is 5.82 Å². The summed E-state index contributed by atoms with van der Waals surface area (Å²) in [7, 11) is 0. The summed E-state index contributed by atoms with van der Waals surface area (Å²) in [4.78, 5) is 0. The fourth-order valence-electron chi connectivity index (χ4n) is 1.84. The molecule has 0 heterocycles. The summed E-state index contributed by atoms with van der Waals surface area (Å²) in [6, 6.07) is 8.23. The largest absolute Gasteiger partial charge is 0.513 e. The standard InChI is InChI=1S/C14H10BF6O/c16-11-6-7-13(12(8-11)15(19,20)21)22-9-14(17,18)10-4-2-1-3-5-10/h1-8H,9H2/q-1. The average molecular weight is 319 g/mol. The predicted octanol–water partition coefficient (Wildman–Crippen LogP) is 4.05. The van der Waals surface area contributed by atoms with Crippen LogP contribution in [0.5, 0.6) is 5.75 Å². The maximum Gasteiger partial charge on any atom is 0.513 e. The first-order valence-corrected chi connectivity index (χ1v) is 6.26. The molecule has 0 aliphatic rings. The normalized spacial score (nSPS) is 12.3. The van der Waals surface area contributed by atoms with E-state index in [9.17, 15) is 26.1 Å². The third kappa shape index (κ3) is 3.75. The first-order valence-electron chi connectivity index (χ1n) is 6.26. The SMILES string of the molecule is Fc1ccc(OCC(F)(F)c2ccccc2)c([B-](F)(F)F)c1. The Morgan fingerprint density at radius 2 is 1.59 bits per heavy atom. The van der Waals surface area contributed by atoms with Crippen LogP contribution in [0.25, 0.3) is 0 Å². The molecule has 0 bridgehead atoms. The van der Waals surface area contributed by atoms with Gasteiger partial charge in [-0.05, 0) is 18.2 Å². The average Bonchev–Trinajstić information content (AvgIpc) is 2.46. The van der Waals surface area contributed by atoms with Crippen molar-refractivity contribution in [2.75, 3.05) is 6.61 Å². The molecular weight excluding hydrogens is 309 g/mol. The molecule has 0 aromatic heterocycles. The van der Waals surface area contributed by atoms with Crippen molar-refractivity contribution < 1.29 is 30.9 Å². The number of alkyl halides is 2. The van der Waals surface area contributed by atoms with Crippen LogP contribution in [0.3, 0.4) is 0 Å².